The Labute approximate surface area is 111 Å². The van der Waals surface area contributed by atoms with Gasteiger partial charge in [0, 0.05) is 7.05 Å². The minimum Gasteiger partial charge on any atom is -0.352 e. The van der Waals surface area contributed by atoms with Crippen molar-refractivity contribution in [2.45, 2.75) is 13.8 Å². The molecule has 0 bridgehead atoms. The van der Waals surface area contributed by atoms with Gasteiger partial charge in [-0.05, 0) is 26.0 Å². The number of amides is 1. The van der Waals surface area contributed by atoms with Crippen molar-refractivity contribution in [3.8, 4) is 5.69 Å². The fraction of sp³-hybridized carbons (Fsp3) is 0.214. The van der Waals surface area contributed by atoms with Gasteiger partial charge in [0.1, 0.15) is 0 Å². The summed E-state index contributed by atoms with van der Waals surface area (Å²) in [6.07, 6.45) is 0. The molecule has 2 rings (SSSR count). The second kappa shape index (κ2) is 5.06. The number of nitrogens with one attached hydrogen (secondary N) is 1. The zero-order valence-corrected chi connectivity index (χ0v) is 11.1. The maximum atomic E-state index is 12.0. The number of hydrogen-bond donors (Lipinski definition) is 1. The fourth-order valence-corrected chi connectivity index (χ4v) is 2.02. The molecule has 1 N–H and O–H groups in total. The Bertz CT molecular complexity index is 630. The van der Waals surface area contributed by atoms with Crippen LogP contribution in [0.1, 0.15) is 21.7 Å². The predicted octanol–water partition coefficient (Wildman–Crippen LogP) is 1.42. The maximum Gasteiger partial charge on any atom is 0.292 e. The van der Waals surface area contributed by atoms with Crippen LogP contribution < -0.4 is 5.32 Å². The monoisotopic (exact) mass is 257 g/mol. The van der Waals surface area contributed by atoms with Crippen LogP contribution in [0.2, 0.25) is 0 Å². The summed E-state index contributed by atoms with van der Waals surface area (Å²) in [5.74, 6) is -1.18. The number of nitrogens with zero attached hydrogens (tertiary/aromatic N) is 2. The summed E-state index contributed by atoms with van der Waals surface area (Å²) in [4.78, 5) is 23.5. The average Bonchev–Trinajstić information content (AvgIpc) is 2.73. The van der Waals surface area contributed by atoms with E-state index in [0.29, 0.717) is 17.0 Å². The first-order chi connectivity index (χ1) is 9.06. The number of carbonyl (C=O) groups excluding carboxylic acids is 2. The summed E-state index contributed by atoms with van der Waals surface area (Å²) in [5.41, 5.74) is 2.44. The first-order valence-corrected chi connectivity index (χ1v) is 5.94. The molecular weight excluding hydrogens is 242 g/mol. The van der Waals surface area contributed by atoms with Crippen molar-refractivity contribution in [1.82, 2.24) is 15.1 Å². The lowest BCUT2D eigenvalue weighted by molar-refractivity contribution is -0.116. The van der Waals surface area contributed by atoms with Gasteiger partial charge in [-0.3, -0.25) is 9.59 Å². The van der Waals surface area contributed by atoms with Crippen LogP contribution in [0, 0.1) is 13.8 Å². The van der Waals surface area contributed by atoms with E-state index >= 15 is 0 Å². The summed E-state index contributed by atoms with van der Waals surface area (Å²) in [7, 11) is 1.44. The lowest BCUT2D eigenvalue weighted by Crippen LogP contribution is -2.28. The Balaban J connectivity index is 2.52. The quantitative estimate of drug-likeness (QED) is 0.668. The molecule has 0 spiro atoms. The topological polar surface area (TPSA) is 64.0 Å². The Kier molecular flexibility index (Phi) is 3.46. The predicted molar refractivity (Wildman–Crippen MR) is 71.4 cm³/mol. The summed E-state index contributed by atoms with van der Waals surface area (Å²) in [6.45, 7) is 3.51. The highest BCUT2D eigenvalue weighted by molar-refractivity contribution is 6.43. The molecule has 0 saturated carbocycles. The number of ketones is 1. The Morgan fingerprint density at radius 3 is 2.37 bits per heavy atom. The number of likely N-dealkylation sites (N-methyl/N-ethyl adjacent to an activating group) is 1. The normalized spacial score (nSPS) is 10.3. The molecule has 19 heavy (non-hydrogen) atoms. The number of Topliss-reactive ketones (excluding diaryl/α,β-unsaturated/α-hetero) is 1. The van der Waals surface area contributed by atoms with Gasteiger partial charge < -0.3 is 5.32 Å². The first-order valence-electron chi connectivity index (χ1n) is 5.94. The van der Waals surface area contributed by atoms with Crippen LogP contribution in [-0.2, 0) is 4.79 Å². The zero-order chi connectivity index (χ0) is 14.0. The van der Waals surface area contributed by atoms with Gasteiger partial charge in [0.05, 0.1) is 22.6 Å². The molecule has 1 aromatic heterocycles. The highest BCUT2D eigenvalue weighted by Gasteiger charge is 2.23. The molecule has 0 atom stereocenters. The lowest BCUT2D eigenvalue weighted by atomic mass is 10.1. The zero-order valence-electron chi connectivity index (χ0n) is 11.1. The average molecular weight is 257 g/mol. The molecule has 0 aliphatic rings. The molecule has 0 radical (unpaired) electrons. The van der Waals surface area contributed by atoms with Crippen molar-refractivity contribution < 1.29 is 9.59 Å². The van der Waals surface area contributed by atoms with Crippen LogP contribution in [0.5, 0.6) is 0 Å². The molecule has 98 valence electrons. The standard InChI is InChI=1S/C14H15N3O2/c1-9-12(13(18)14(19)15-3)10(2)17(16-9)11-7-5-4-6-8-11/h4-8H,1-3H3,(H,15,19). The molecule has 5 heteroatoms. The van der Waals surface area contributed by atoms with Gasteiger partial charge in [0.25, 0.3) is 11.7 Å². The van der Waals surface area contributed by atoms with Crippen molar-refractivity contribution in [3.05, 3.63) is 47.3 Å². The number of carbonyl (C=O) groups is 2. The number of aryl methyl sites for hydroxylation is 1. The van der Waals surface area contributed by atoms with E-state index in [4.69, 9.17) is 0 Å². The molecule has 1 amide bonds. The molecule has 0 fully saturated rings. The Morgan fingerprint density at radius 1 is 1.16 bits per heavy atom. The van der Waals surface area contributed by atoms with E-state index < -0.39 is 11.7 Å². The highest BCUT2D eigenvalue weighted by atomic mass is 16.2. The van der Waals surface area contributed by atoms with Gasteiger partial charge >= 0.3 is 0 Å². The van der Waals surface area contributed by atoms with E-state index in [-0.39, 0.29) is 0 Å². The number of para-hydroxylation sites is 1. The van der Waals surface area contributed by atoms with Gasteiger partial charge in [-0.2, -0.15) is 5.10 Å². The van der Waals surface area contributed by atoms with Crippen molar-refractivity contribution in [1.29, 1.82) is 0 Å². The second-order valence-corrected chi connectivity index (χ2v) is 4.20. The SMILES string of the molecule is CNC(=O)C(=O)c1c(C)nn(-c2ccccc2)c1C. The maximum absolute atomic E-state index is 12.0. The summed E-state index contributed by atoms with van der Waals surface area (Å²) in [5, 5.41) is 6.68. The van der Waals surface area contributed by atoms with E-state index in [1.165, 1.54) is 7.05 Å². The number of aromatic nitrogens is 2. The molecular formula is C14H15N3O2. The third-order valence-corrected chi connectivity index (χ3v) is 2.95. The van der Waals surface area contributed by atoms with Crippen molar-refractivity contribution in [3.63, 3.8) is 0 Å². The van der Waals surface area contributed by atoms with Crippen LogP contribution in [0.4, 0.5) is 0 Å². The summed E-state index contributed by atoms with van der Waals surface area (Å²) >= 11 is 0. The van der Waals surface area contributed by atoms with E-state index in [2.05, 4.69) is 10.4 Å². The molecule has 5 nitrogen and oxygen atoms in total. The largest absolute Gasteiger partial charge is 0.352 e. The number of benzene rings is 1. The van der Waals surface area contributed by atoms with Crippen LogP contribution in [0.25, 0.3) is 5.69 Å². The van der Waals surface area contributed by atoms with Crippen molar-refractivity contribution in [2.24, 2.45) is 0 Å². The van der Waals surface area contributed by atoms with Gasteiger partial charge in [-0.1, -0.05) is 18.2 Å². The van der Waals surface area contributed by atoms with E-state index in [9.17, 15) is 9.59 Å². The fourth-order valence-electron chi connectivity index (χ4n) is 2.02. The second-order valence-electron chi connectivity index (χ2n) is 4.20. The van der Waals surface area contributed by atoms with Gasteiger partial charge in [-0.15, -0.1) is 0 Å². The van der Waals surface area contributed by atoms with Crippen molar-refractivity contribution in [2.75, 3.05) is 7.05 Å². The minimum absolute atomic E-state index is 0.364. The molecule has 0 unspecified atom stereocenters. The van der Waals surface area contributed by atoms with Crippen LogP contribution in [0.3, 0.4) is 0 Å². The number of rotatable bonds is 3. The third kappa shape index (κ3) is 2.27. The van der Waals surface area contributed by atoms with Crippen molar-refractivity contribution >= 4 is 11.7 Å². The summed E-state index contributed by atoms with van der Waals surface area (Å²) < 4.78 is 1.67. The minimum atomic E-state index is -0.626. The van der Waals surface area contributed by atoms with Crippen LogP contribution in [-0.4, -0.2) is 28.5 Å². The molecule has 2 aromatic rings. The van der Waals surface area contributed by atoms with Crippen LogP contribution >= 0.6 is 0 Å². The first kappa shape index (κ1) is 13.0. The van der Waals surface area contributed by atoms with E-state index in [1.54, 1.807) is 18.5 Å². The van der Waals surface area contributed by atoms with Gasteiger partial charge in [0.15, 0.2) is 0 Å². The summed E-state index contributed by atoms with van der Waals surface area (Å²) in [6, 6.07) is 9.49. The Hall–Kier alpha value is -2.43. The lowest BCUT2D eigenvalue weighted by Gasteiger charge is -2.04. The van der Waals surface area contributed by atoms with E-state index in [0.717, 1.165) is 5.69 Å². The van der Waals surface area contributed by atoms with Crippen LogP contribution in [0.15, 0.2) is 30.3 Å². The smallest absolute Gasteiger partial charge is 0.292 e. The third-order valence-electron chi connectivity index (χ3n) is 2.95. The van der Waals surface area contributed by atoms with Gasteiger partial charge in [0.2, 0.25) is 0 Å². The molecule has 0 aliphatic carbocycles. The number of hydrogen-bond acceptors (Lipinski definition) is 3. The van der Waals surface area contributed by atoms with E-state index in [1.807, 2.05) is 30.3 Å². The molecule has 1 aromatic carbocycles. The highest BCUT2D eigenvalue weighted by Crippen LogP contribution is 2.18. The molecule has 0 aliphatic heterocycles. The Morgan fingerprint density at radius 2 is 1.79 bits per heavy atom. The van der Waals surface area contributed by atoms with Gasteiger partial charge in [-0.25, -0.2) is 4.68 Å². The molecule has 0 saturated heterocycles. The molecule has 1 heterocycles.